The second-order valence-electron chi connectivity index (χ2n) is 10.9. The van der Waals surface area contributed by atoms with Gasteiger partial charge in [-0.25, -0.2) is 9.59 Å². The standard InChI is InChI=1S/C29H37NO7/c1-6-8-21-15(2)13-16(3)29-18(14-22(34-5)28(33)35-21)10-11-19-23(29)24(31)17(4)25(26(19)37-29)36-27(32)20-9-7-12-30-20/h6-7,9-13,15,17-19,21-26,30-31H,1,8,14H2,2-5H3/b16-13+/t15-,17-,18-,19-,21-,22+,23+,24-,25-,26-,29+/m1/s1. The van der Waals surface area contributed by atoms with Crippen LogP contribution in [0.5, 0.6) is 0 Å². The van der Waals surface area contributed by atoms with E-state index in [1.54, 1.807) is 24.4 Å². The number of aromatic amines is 1. The van der Waals surface area contributed by atoms with Crippen molar-refractivity contribution in [3.05, 3.63) is 60.5 Å². The molecule has 1 aromatic rings. The fraction of sp³-hybridized carbons (Fsp3) is 0.586. The number of hydrogen-bond donors (Lipinski definition) is 2. The molecule has 1 saturated heterocycles. The first-order valence-corrected chi connectivity index (χ1v) is 13.1. The first kappa shape index (κ1) is 25.9. The average molecular weight is 512 g/mol. The van der Waals surface area contributed by atoms with Crippen molar-refractivity contribution in [2.75, 3.05) is 7.11 Å². The van der Waals surface area contributed by atoms with Crippen LogP contribution in [-0.4, -0.2) is 65.3 Å². The quantitative estimate of drug-likeness (QED) is 0.460. The minimum Gasteiger partial charge on any atom is -0.460 e. The van der Waals surface area contributed by atoms with Gasteiger partial charge in [-0.2, -0.15) is 0 Å². The van der Waals surface area contributed by atoms with Crippen LogP contribution < -0.4 is 0 Å². The van der Waals surface area contributed by atoms with Gasteiger partial charge in [-0.1, -0.05) is 38.2 Å². The maximum Gasteiger partial charge on any atom is 0.355 e. The minimum absolute atomic E-state index is 0.114. The number of hydrogen-bond acceptors (Lipinski definition) is 7. The first-order valence-electron chi connectivity index (χ1n) is 13.1. The van der Waals surface area contributed by atoms with Crippen LogP contribution in [0.4, 0.5) is 0 Å². The van der Waals surface area contributed by atoms with Gasteiger partial charge in [0.2, 0.25) is 0 Å². The molecule has 11 atom stereocenters. The van der Waals surface area contributed by atoms with Crippen LogP contribution in [0.15, 0.2) is 54.8 Å². The van der Waals surface area contributed by atoms with Crippen molar-refractivity contribution < 1.29 is 33.6 Å². The molecule has 1 aromatic heterocycles. The number of esters is 2. The van der Waals surface area contributed by atoms with E-state index >= 15 is 0 Å². The SMILES string of the molecule is C=CC[C@H]1OC(=O)[C@@H](OC)C[C@H]2C=C[C@H]3[C@H]4O[C@]2(/C(C)=C/[C@H]1C)[C@@H]3[C@H](O)[C@@H](C)[C@H]4OC(=O)c1ccc[nH]1. The molecule has 2 fully saturated rings. The Morgan fingerprint density at radius 3 is 2.81 bits per heavy atom. The van der Waals surface area contributed by atoms with Gasteiger partial charge < -0.3 is 29.0 Å². The lowest BCUT2D eigenvalue weighted by Gasteiger charge is -2.48. The average Bonchev–Trinajstić information content (AvgIpc) is 3.47. The lowest BCUT2D eigenvalue weighted by Crippen LogP contribution is -2.57. The number of carbonyl (C=O) groups excluding carboxylic acids is 2. The Hall–Kier alpha value is -2.68. The molecule has 1 saturated carbocycles. The molecule has 1 spiro atoms. The highest BCUT2D eigenvalue weighted by atomic mass is 16.6. The largest absolute Gasteiger partial charge is 0.460 e. The number of aromatic nitrogens is 1. The van der Waals surface area contributed by atoms with Gasteiger partial charge in [-0.3, -0.25) is 0 Å². The molecule has 4 aliphatic rings. The second-order valence-corrected chi connectivity index (χ2v) is 10.9. The topological polar surface area (TPSA) is 107 Å². The van der Waals surface area contributed by atoms with E-state index in [0.29, 0.717) is 18.5 Å². The summed E-state index contributed by atoms with van der Waals surface area (Å²) in [5, 5.41) is 11.7. The van der Waals surface area contributed by atoms with E-state index in [-0.39, 0.29) is 35.7 Å². The zero-order valence-corrected chi connectivity index (χ0v) is 21.8. The Bertz CT molecular complexity index is 1090. The number of cyclic esters (lactones) is 1. The normalized spacial score (nSPS) is 44.2. The molecular weight excluding hydrogens is 474 g/mol. The minimum atomic E-state index is -0.868. The molecule has 0 radical (unpaired) electrons. The van der Waals surface area contributed by atoms with E-state index in [0.717, 1.165) is 5.57 Å². The summed E-state index contributed by atoms with van der Waals surface area (Å²) in [6, 6.07) is 3.40. The van der Waals surface area contributed by atoms with Crippen molar-refractivity contribution in [1.82, 2.24) is 4.98 Å². The number of aliphatic hydroxyl groups is 1. The van der Waals surface area contributed by atoms with Crippen LogP contribution in [0.1, 0.15) is 44.1 Å². The summed E-state index contributed by atoms with van der Waals surface area (Å²) in [6.07, 6.45) is 7.51. The lowest BCUT2D eigenvalue weighted by molar-refractivity contribution is -0.166. The molecule has 0 amide bonds. The molecule has 2 aliphatic carbocycles. The third kappa shape index (κ3) is 4.10. The van der Waals surface area contributed by atoms with Crippen LogP contribution in [0, 0.1) is 29.6 Å². The number of H-pyrrole nitrogens is 1. The van der Waals surface area contributed by atoms with Crippen LogP contribution >= 0.6 is 0 Å². The van der Waals surface area contributed by atoms with E-state index < -0.39 is 42.0 Å². The van der Waals surface area contributed by atoms with Gasteiger partial charge in [0.05, 0.1) is 6.10 Å². The Morgan fingerprint density at radius 2 is 2.14 bits per heavy atom. The van der Waals surface area contributed by atoms with E-state index in [9.17, 15) is 14.7 Å². The van der Waals surface area contributed by atoms with Crippen LogP contribution in [0.3, 0.4) is 0 Å². The third-order valence-electron chi connectivity index (χ3n) is 8.94. The Kier molecular flexibility index (Phi) is 6.94. The number of nitrogens with one attached hydrogen (secondary N) is 1. The van der Waals surface area contributed by atoms with Gasteiger partial charge in [0.1, 0.15) is 29.6 Å². The van der Waals surface area contributed by atoms with Gasteiger partial charge in [0, 0.05) is 49.3 Å². The molecule has 37 heavy (non-hydrogen) atoms. The second kappa shape index (κ2) is 9.89. The van der Waals surface area contributed by atoms with Gasteiger partial charge in [0.15, 0.2) is 6.10 Å². The van der Waals surface area contributed by atoms with Crippen molar-refractivity contribution in [1.29, 1.82) is 0 Å². The highest BCUT2D eigenvalue weighted by Gasteiger charge is 2.69. The summed E-state index contributed by atoms with van der Waals surface area (Å²) >= 11 is 0. The molecule has 8 heteroatoms. The van der Waals surface area contributed by atoms with Crippen molar-refractivity contribution in [2.24, 2.45) is 29.6 Å². The number of ether oxygens (including phenoxy) is 4. The monoisotopic (exact) mass is 511 g/mol. The van der Waals surface area contributed by atoms with Crippen molar-refractivity contribution in [3.8, 4) is 0 Å². The molecule has 0 aromatic carbocycles. The Balaban J connectivity index is 1.57. The molecule has 5 rings (SSSR count). The molecule has 3 heterocycles. The maximum absolute atomic E-state index is 13.1. The predicted molar refractivity (Wildman–Crippen MR) is 135 cm³/mol. The summed E-state index contributed by atoms with van der Waals surface area (Å²) in [5.41, 5.74) is 0.471. The fourth-order valence-electron chi connectivity index (χ4n) is 7.06. The van der Waals surface area contributed by atoms with Crippen molar-refractivity contribution in [3.63, 3.8) is 0 Å². The highest BCUT2D eigenvalue weighted by molar-refractivity contribution is 5.87. The highest BCUT2D eigenvalue weighted by Crippen LogP contribution is 2.61. The number of aliphatic hydroxyl groups excluding tert-OH is 1. The zero-order chi connectivity index (χ0) is 26.5. The predicted octanol–water partition coefficient (Wildman–Crippen LogP) is 3.60. The van der Waals surface area contributed by atoms with Gasteiger partial charge in [-0.05, 0) is 31.1 Å². The summed E-state index contributed by atoms with van der Waals surface area (Å²) in [4.78, 5) is 28.9. The summed E-state index contributed by atoms with van der Waals surface area (Å²) in [5.74, 6) is -1.97. The van der Waals surface area contributed by atoms with Crippen LogP contribution in [0.25, 0.3) is 0 Å². The van der Waals surface area contributed by atoms with E-state index in [1.807, 2.05) is 20.8 Å². The number of carbonyl (C=O) groups is 2. The van der Waals surface area contributed by atoms with Crippen molar-refractivity contribution in [2.45, 2.75) is 69.7 Å². The number of rotatable bonds is 5. The number of methoxy groups -OCH3 is 1. The van der Waals surface area contributed by atoms with E-state index in [2.05, 4.69) is 29.8 Å². The van der Waals surface area contributed by atoms with E-state index in [1.165, 1.54) is 7.11 Å². The molecule has 4 bridgehead atoms. The first-order chi connectivity index (χ1) is 17.7. The lowest BCUT2D eigenvalue weighted by atomic mass is 9.57. The maximum atomic E-state index is 13.1. The zero-order valence-electron chi connectivity index (χ0n) is 21.8. The molecule has 2 aliphatic heterocycles. The molecule has 200 valence electrons. The molecule has 2 N–H and O–H groups in total. The summed E-state index contributed by atoms with van der Waals surface area (Å²) in [7, 11) is 1.51. The third-order valence-corrected chi connectivity index (χ3v) is 8.94. The summed E-state index contributed by atoms with van der Waals surface area (Å²) in [6.45, 7) is 9.79. The molecule has 8 nitrogen and oxygen atoms in total. The Morgan fingerprint density at radius 1 is 1.35 bits per heavy atom. The van der Waals surface area contributed by atoms with E-state index in [4.69, 9.17) is 18.9 Å². The van der Waals surface area contributed by atoms with Crippen LogP contribution in [-0.2, 0) is 23.7 Å². The smallest absolute Gasteiger partial charge is 0.355 e. The summed E-state index contributed by atoms with van der Waals surface area (Å²) < 4.78 is 24.4. The molecule has 0 unspecified atom stereocenters. The van der Waals surface area contributed by atoms with Gasteiger partial charge >= 0.3 is 11.9 Å². The fourth-order valence-corrected chi connectivity index (χ4v) is 7.06. The molecular formula is C29H37NO7. The van der Waals surface area contributed by atoms with Crippen LogP contribution in [0.2, 0.25) is 0 Å². The van der Waals surface area contributed by atoms with Gasteiger partial charge in [-0.15, -0.1) is 6.58 Å². The van der Waals surface area contributed by atoms with Crippen molar-refractivity contribution >= 4 is 11.9 Å². The van der Waals surface area contributed by atoms with Gasteiger partial charge in [0.25, 0.3) is 0 Å². The Labute approximate surface area is 217 Å².